The molecule has 0 spiro atoms. The lowest BCUT2D eigenvalue weighted by atomic mass is 10.1. The molecule has 0 aromatic heterocycles. The van der Waals surface area contributed by atoms with Crippen LogP contribution in [0.15, 0.2) is 36.4 Å². The number of anilines is 1. The van der Waals surface area contributed by atoms with Crippen molar-refractivity contribution in [2.45, 2.75) is 13.1 Å². The number of fused-ring (bicyclic) bond motifs is 1. The molecule has 0 unspecified atom stereocenters. The minimum atomic E-state index is -0.295. The third-order valence-electron chi connectivity index (χ3n) is 4.29. The van der Waals surface area contributed by atoms with Crippen molar-refractivity contribution in [1.82, 2.24) is 10.2 Å². The van der Waals surface area contributed by atoms with E-state index >= 15 is 0 Å². The number of nitrogens with one attached hydrogen (secondary N) is 2. The molecule has 0 fully saturated rings. The highest BCUT2D eigenvalue weighted by Gasteiger charge is 2.28. The third kappa shape index (κ3) is 4.53. The van der Waals surface area contributed by atoms with E-state index in [1.54, 1.807) is 24.3 Å². The lowest BCUT2D eigenvalue weighted by Crippen LogP contribution is -2.38. The second-order valence-corrected chi connectivity index (χ2v) is 6.97. The van der Waals surface area contributed by atoms with E-state index in [4.69, 9.17) is 28.3 Å². The van der Waals surface area contributed by atoms with E-state index in [-0.39, 0.29) is 31.5 Å². The van der Waals surface area contributed by atoms with Gasteiger partial charge in [0, 0.05) is 46.5 Å². The minimum absolute atomic E-state index is 0.0362. The highest BCUT2D eigenvalue weighted by Crippen LogP contribution is 2.28. The first-order valence-electron chi connectivity index (χ1n) is 8.46. The van der Waals surface area contributed by atoms with Crippen LogP contribution in [0.1, 0.15) is 21.5 Å². The first kappa shape index (κ1) is 19.5. The number of aliphatic hydroxyl groups excluding tert-OH is 1. The Kier molecular flexibility index (Phi) is 6.21. The van der Waals surface area contributed by atoms with Crippen molar-refractivity contribution in [3.05, 3.63) is 63.1 Å². The van der Waals surface area contributed by atoms with Gasteiger partial charge in [0.25, 0.3) is 5.91 Å². The number of amides is 2. The van der Waals surface area contributed by atoms with E-state index in [1.807, 2.05) is 12.1 Å². The highest BCUT2D eigenvalue weighted by atomic mass is 35.5. The molecule has 2 aromatic rings. The molecule has 2 amide bonds. The number of rotatable bonds is 7. The van der Waals surface area contributed by atoms with Crippen molar-refractivity contribution < 1.29 is 14.7 Å². The number of benzene rings is 2. The Balaban J connectivity index is 1.67. The Labute approximate surface area is 167 Å². The van der Waals surface area contributed by atoms with Gasteiger partial charge in [-0.15, -0.1) is 0 Å². The standard InChI is InChI=1S/C19H19Cl2N3O3/c20-16-2-1-3-17(21)15(16)9-23-13-5-4-12-10-24(19(27)14(12)8-13)11-18(26)22-6-7-25/h1-5,8,23,25H,6-7,9-11H2,(H,22,26). The van der Waals surface area contributed by atoms with Crippen molar-refractivity contribution in [2.75, 3.05) is 25.0 Å². The van der Waals surface area contributed by atoms with Gasteiger partial charge in [-0.05, 0) is 29.8 Å². The molecular formula is C19H19Cl2N3O3. The van der Waals surface area contributed by atoms with Gasteiger partial charge in [-0.3, -0.25) is 9.59 Å². The molecule has 0 atom stereocenters. The summed E-state index contributed by atoms with van der Waals surface area (Å²) in [5.41, 5.74) is 3.00. The molecule has 0 saturated carbocycles. The predicted molar refractivity (Wildman–Crippen MR) is 105 cm³/mol. The number of hydrogen-bond donors (Lipinski definition) is 3. The van der Waals surface area contributed by atoms with Crippen LogP contribution in [-0.2, 0) is 17.9 Å². The smallest absolute Gasteiger partial charge is 0.255 e. The molecule has 0 bridgehead atoms. The van der Waals surface area contributed by atoms with Crippen LogP contribution in [0.25, 0.3) is 0 Å². The quantitative estimate of drug-likeness (QED) is 0.658. The van der Waals surface area contributed by atoms with Crippen LogP contribution in [-0.4, -0.2) is 41.5 Å². The summed E-state index contributed by atoms with van der Waals surface area (Å²) in [7, 11) is 0. The molecule has 3 N–H and O–H groups in total. The average molecular weight is 408 g/mol. The van der Waals surface area contributed by atoms with Crippen LogP contribution in [0.4, 0.5) is 5.69 Å². The van der Waals surface area contributed by atoms with Crippen molar-refractivity contribution >= 4 is 40.7 Å². The van der Waals surface area contributed by atoms with Gasteiger partial charge in [-0.25, -0.2) is 0 Å². The first-order chi connectivity index (χ1) is 13.0. The number of aliphatic hydroxyl groups is 1. The van der Waals surface area contributed by atoms with Crippen LogP contribution in [0.5, 0.6) is 0 Å². The molecule has 1 aliphatic rings. The Bertz CT molecular complexity index is 853. The fraction of sp³-hybridized carbons (Fsp3) is 0.263. The normalized spacial score (nSPS) is 12.9. The molecule has 0 saturated heterocycles. The summed E-state index contributed by atoms with van der Waals surface area (Å²) in [5, 5.41) is 15.7. The van der Waals surface area contributed by atoms with E-state index < -0.39 is 0 Å². The van der Waals surface area contributed by atoms with Gasteiger partial charge >= 0.3 is 0 Å². The summed E-state index contributed by atoms with van der Waals surface area (Å²) in [5.74, 6) is -0.486. The Hall–Kier alpha value is -2.28. The van der Waals surface area contributed by atoms with Gasteiger partial charge in [0.1, 0.15) is 6.54 Å². The molecule has 2 aromatic carbocycles. The molecule has 0 radical (unpaired) electrons. The van der Waals surface area contributed by atoms with Gasteiger partial charge in [0.2, 0.25) is 5.91 Å². The Morgan fingerprint density at radius 2 is 1.93 bits per heavy atom. The maximum Gasteiger partial charge on any atom is 0.255 e. The van der Waals surface area contributed by atoms with Crippen LogP contribution in [0.3, 0.4) is 0 Å². The zero-order valence-electron chi connectivity index (χ0n) is 14.5. The number of carbonyl (C=O) groups excluding carboxylic acids is 2. The molecule has 3 rings (SSSR count). The summed E-state index contributed by atoms with van der Waals surface area (Å²) >= 11 is 12.4. The second kappa shape index (κ2) is 8.61. The van der Waals surface area contributed by atoms with E-state index in [0.717, 1.165) is 16.8 Å². The lowest BCUT2D eigenvalue weighted by molar-refractivity contribution is -0.121. The number of hydrogen-bond acceptors (Lipinski definition) is 4. The molecule has 27 heavy (non-hydrogen) atoms. The van der Waals surface area contributed by atoms with Crippen LogP contribution in [0, 0.1) is 0 Å². The fourth-order valence-electron chi connectivity index (χ4n) is 2.92. The minimum Gasteiger partial charge on any atom is -0.395 e. The molecule has 8 heteroatoms. The van der Waals surface area contributed by atoms with E-state index in [0.29, 0.717) is 28.7 Å². The summed E-state index contributed by atoms with van der Waals surface area (Å²) in [6.45, 7) is 0.818. The van der Waals surface area contributed by atoms with E-state index in [9.17, 15) is 9.59 Å². The molecule has 142 valence electrons. The van der Waals surface area contributed by atoms with Gasteiger partial charge in [-0.1, -0.05) is 35.3 Å². The van der Waals surface area contributed by atoms with Crippen molar-refractivity contribution in [3.63, 3.8) is 0 Å². The zero-order valence-corrected chi connectivity index (χ0v) is 16.0. The highest BCUT2D eigenvalue weighted by molar-refractivity contribution is 6.36. The Morgan fingerprint density at radius 3 is 2.63 bits per heavy atom. The summed E-state index contributed by atoms with van der Waals surface area (Å²) in [4.78, 5) is 25.8. The maximum absolute atomic E-state index is 12.6. The third-order valence-corrected chi connectivity index (χ3v) is 5.00. The Morgan fingerprint density at radius 1 is 1.19 bits per heavy atom. The van der Waals surface area contributed by atoms with Crippen molar-refractivity contribution in [1.29, 1.82) is 0 Å². The average Bonchev–Trinajstić information content (AvgIpc) is 2.95. The summed E-state index contributed by atoms with van der Waals surface area (Å²) < 4.78 is 0. The second-order valence-electron chi connectivity index (χ2n) is 6.16. The first-order valence-corrected chi connectivity index (χ1v) is 9.21. The SMILES string of the molecule is O=C(CN1Cc2ccc(NCc3c(Cl)cccc3Cl)cc2C1=O)NCCO. The number of carbonyl (C=O) groups is 2. The fourth-order valence-corrected chi connectivity index (χ4v) is 3.45. The van der Waals surface area contributed by atoms with Crippen molar-refractivity contribution in [2.24, 2.45) is 0 Å². The van der Waals surface area contributed by atoms with E-state index in [2.05, 4.69) is 10.6 Å². The van der Waals surface area contributed by atoms with Crippen LogP contribution >= 0.6 is 23.2 Å². The van der Waals surface area contributed by atoms with Gasteiger partial charge in [-0.2, -0.15) is 0 Å². The lowest BCUT2D eigenvalue weighted by Gasteiger charge is -2.14. The van der Waals surface area contributed by atoms with Gasteiger partial charge in [0.05, 0.1) is 6.61 Å². The molecule has 1 heterocycles. The van der Waals surface area contributed by atoms with Gasteiger partial charge < -0.3 is 20.6 Å². The zero-order chi connectivity index (χ0) is 19.4. The number of nitrogens with zero attached hydrogens (tertiary/aromatic N) is 1. The molecule has 6 nitrogen and oxygen atoms in total. The molecular weight excluding hydrogens is 389 g/mol. The summed E-state index contributed by atoms with van der Waals surface area (Å²) in [6.07, 6.45) is 0. The molecule has 1 aliphatic heterocycles. The predicted octanol–water partition coefficient (Wildman–Crippen LogP) is 2.67. The topological polar surface area (TPSA) is 81.7 Å². The maximum atomic E-state index is 12.6. The van der Waals surface area contributed by atoms with E-state index in [1.165, 1.54) is 4.90 Å². The number of halogens is 2. The molecule has 0 aliphatic carbocycles. The largest absolute Gasteiger partial charge is 0.395 e. The monoisotopic (exact) mass is 407 g/mol. The summed E-state index contributed by atoms with van der Waals surface area (Å²) in [6, 6.07) is 10.9. The van der Waals surface area contributed by atoms with Crippen LogP contribution in [0.2, 0.25) is 10.0 Å². The van der Waals surface area contributed by atoms with Crippen LogP contribution < -0.4 is 10.6 Å². The van der Waals surface area contributed by atoms with Gasteiger partial charge in [0.15, 0.2) is 0 Å². The van der Waals surface area contributed by atoms with Crippen molar-refractivity contribution in [3.8, 4) is 0 Å².